The van der Waals surface area contributed by atoms with Crippen LogP contribution >= 0.6 is 23.2 Å². The lowest BCUT2D eigenvalue weighted by Crippen LogP contribution is -2.46. The van der Waals surface area contributed by atoms with Gasteiger partial charge >= 0.3 is 5.69 Å². The lowest BCUT2D eigenvalue weighted by atomic mass is 10.1. The fourth-order valence-corrected chi connectivity index (χ4v) is 6.66. The normalized spacial score (nSPS) is 20.1. The molecule has 2 saturated heterocycles. The summed E-state index contributed by atoms with van der Waals surface area (Å²) in [6.45, 7) is 8.19. The Morgan fingerprint density at radius 1 is 0.980 bits per heavy atom. The van der Waals surface area contributed by atoms with Crippen LogP contribution in [0.25, 0.3) is 5.69 Å². The first-order valence-electron chi connectivity index (χ1n) is 16.3. The standard InChI is InChI=1S/C34H37Cl2N9O4/c1-3-24(2)45-33(46)44(23-40-45)27-7-5-26(6-8-27)41-12-14-42(15-13-41)32-11-9-28(17-38-32)47-18-29-19-48-34(49-29,20-43-22-37-21-39-43)30-10-4-25(35)16-31(30)36/h4-11,16-17,21-24,29H,3,12-15,18-20H2,1-2H3/t24?,29-,34-/m1/s1. The molecule has 3 atom stereocenters. The van der Waals surface area contributed by atoms with E-state index < -0.39 is 5.79 Å². The third-order valence-corrected chi connectivity index (χ3v) is 9.54. The maximum atomic E-state index is 12.8. The highest BCUT2D eigenvalue weighted by Gasteiger charge is 2.45. The van der Waals surface area contributed by atoms with Crippen molar-refractivity contribution in [2.24, 2.45) is 0 Å². The second kappa shape index (κ2) is 14.2. The number of rotatable bonds is 11. The van der Waals surface area contributed by atoms with E-state index in [1.54, 1.807) is 46.3 Å². The number of ether oxygens (including phenoxy) is 3. The fraction of sp³-hybridized carbons (Fsp3) is 0.382. The van der Waals surface area contributed by atoms with Crippen molar-refractivity contribution < 1.29 is 14.2 Å². The molecule has 2 fully saturated rings. The van der Waals surface area contributed by atoms with E-state index in [0.717, 1.165) is 49.8 Å². The van der Waals surface area contributed by atoms with Crippen molar-refractivity contribution >= 4 is 34.7 Å². The Kier molecular flexibility index (Phi) is 9.59. The molecule has 15 heteroatoms. The fourth-order valence-electron chi connectivity index (χ4n) is 6.10. The molecule has 0 amide bonds. The van der Waals surface area contributed by atoms with Crippen molar-refractivity contribution in [1.29, 1.82) is 0 Å². The quantitative estimate of drug-likeness (QED) is 0.186. The molecular formula is C34H37Cl2N9O4. The highest BCUT2D eigenvalue weighted by molar-refractivity contribution is 6.35. The van der Waals surface area contributed by atoms with E-state index in [2.05, 4.69) is 42.1 Å². The number of hydrogen-bond donors (Lipinski definition) is 0. The van der Waals surface area contributed by atoms with Crippen molar-refractivity contribution in [3.05, 3.63) is 106 Å². The first-order valence-corrected chi connectivity index (χ1v) is 17.0. The molecule has 256 valence electrons. The molecule has 5 aromatic rings. The summed E-state index contributed by atoms with van der Waals surface area (Å²) in [4.78, 5) is 26.1. The molecule has 0 saturated carbocycles. The number of aromatic nitrogens is 7. The van der Waals surface area contributed by atoms with Crippen molar-refractivity contribution in [3.63, 3.8) is 0 Å². The lowest BCUT2D eigenvalue weighted by Gasteiger charge is -2.36. The molecule has 1 unspecified atom stereocenters. The topological polar surface area (TPSA) is 118 Å². The average molecular weight is 707 g/mol. The van der Waals surface area contributed by atoms with Gasteiger partial charge in [-0.25, -0.2) is 28.7 Å². The number of halogens is 2. The van der Waals surface area contributed by atoms with Crippen LogP contribution < -0.4 is 20.2 Å². The summed E-state index contributed by atoms with van der Waals surface area (Å²) in [7, 11) is 0. The van der Waals surface area contributed by atoms with Crippen LogP contribution in [0.3, 0.4) is 0 Å². The van der Waals surface area contributed by atoms with Crippen LogP contribution in [-0.2, 0) is 21.8 Å². The Morgan fingerprint density at radius 2 is 1.76 bits per heavy atom. The van der Waals surface area contributed by atoms with Crippen molar-refractivity contribution in [2.75, 3.05) is 49.2 Å². The number of benzene rings is 2. The molecule has 13 nitrogen and oxygen atoms in total. The van der Waals surface area contributed by atoms with E-state index >= 15 is 0 Å². The molecule has 0 bridgehead atoms. The van der Waals surface area contributed by atoms with Crippen LogP contribution in [0, 0.1) is 0 Å². The van der Waals surface area contributed by atoms with Crippen LogP contribution in [-0.4, -0.2) is 79.6 Å². The van der Waals surface area contributed by atoms with Gasteiger partial charge in [0.05, 0.1) is 29.6 Å². The largest absolute Gasteiger partial charge is 0.489 e. The zero-order valence-electron chi connectivity index (χ0n) is 27.2. The summed E-state index contributed by atoms with van der Waals surface area (Å²) in [5, 5.41) is 9.47. The number of pyridine rings is 1. The van der Waals surface area contributed by atoms with Crippen LogP contribution in [0.4, 0.5) is 11.5 Å². The Bertz CT molecular complexity index is 1910. The van der Waals surface area contributed by atoms with E-state index in [1.165, 1.54) is 11.0 Å². The van der Waals surface area contributed by atoms with Gasteiger partial charge in [-0.2, -0.15) is 10.2 Å². The van der Waals surface area contributed by atoms with Crippen molar-refractivity contribution in [1.82, 2.24) is 34.1 Å². The predicted molar refractivity (Wildman–Crippen MR) is 186 cm³/mol. The summed E-state index contributed by atoms with van der Waals surface area (Å²) < 4.78 is 23.5. The molecule has 0 aliphatic carbocycles. The smallest absolute Gasteiger partial charge is 0.350 e. The minimum atomic E-state index is -1.17. The van der Waals surface area contributed by atoms with Gasteiger partial charge in [0.2, 0.25) is 5.79 Å². The lowest BCUT2D eigenvalue weighted by molar-refractivity contribution is -0.190. The highest BCUT2D eigenvalue weighted by Crippen LogP contribution is 2.40. The first kappa shape index (κ1) is 33.1. The van der Waals surface area contributed by atoms with Gasteiger partial charge in [0.15, 0.2) is 0 Å². The van der Waals surface area contributed by atoms with Crippen molar-refractivity contribution in [3.8, 4) is 11.4 Å². The minimum Gasteiger partial charge on any atom is -0.489 e. The second-order valence-electron chi connectivity index (χ2n) is 12.2. The van der Waals surface area contributed by atoms with Gasteiger partial charge in [0, 0.05) is 42.5 Å². The van der Waals surface area contributed by atoms with E-state index in [4.69, 9.17) is 37.4 Å². The monoisotopic (exact) mass is 705 g/mol. The summed E-state index contributed by atoms with van der Waals surface area (Å²) in [6, 6.07) is 17.2. The Balaban J connectivity index is 0.925. The predicted octanol–water partition coefficient (Wildman–Crippen LogP) is 4.97. The van der Waals surface area contributed by atoms with E-state index in [9.17, 15) is 4.79 Å². The van der Waals surface area contributed by atoms with Gasteiger partial charge in [-0.1, -0.05) is 36.2 Å². The van der Waals surface area contributed by atoms with Gasteiger partial charge in [0.1, 0.15) is 49.8 Å². The highest BCUT2D eigenvalue weighted by atomic mass is 35.5. The third-order valence-electron chi connectivity index (χ3n) is 8.99. The summed E-state index contributed by atoms with van der Waals surface area (Å²) in [5.41, 5.74) is 2.45. The van der Waals surface area contributed by atoms with Crippen molar-refractivity contribution in [2.45, 2.75) is 44.7 Å². The van der Waals surface area contributed by atoms with Gasteiger partial charge in [-0.3, -0.25) is 0 Å². The minimum absolute atomic E-state index is 0.0594. The first-order chi connectivity index (χ1) is 23.8. The molecule has 0 spiro atoms. The van der Waals surface area contributed by atoms with Crippen LogP contribution in [0.5, 0.6) is 5.75 Å². The number of hydrogen-bond acceptors (Lipinski definition) is 10. The zero-order chi connectivity index (χ0) is 34.0. The average Bonchev–Trinajstić information content (AvgIpc) is 3.88. The molecule has 7 rings (SSSR count). The number of piperazine rings is 1. The molecule has 2 aliphatic heterocycles. The van der Waals surface area contributed by atoms with E-state index in [1.807, 2.05) is 38.1 Å². The van der Waals surface area contributed by atoms with Crippen LogP contribution in [0.15, 0.2) is 84.6 Å². The van der Waals surface area contributed by atoms with Gasteiger partial charge in [0.25, 0.3) is 0 Å². The molecule has 5 heterocycles. The summed E-state index contributed by atoms with van der Waals surface area (Å²) in [6.07, 6.45) is 6.87. The Morgan fingerprint density at radius 3 is 2.45 bits per heavy atom. The summed E-state index contributed by atoms with van der Waals surface area (Å²) >= 11 is 12.7. The van der Waals surface area contributed by atoms with Gasteiger partial charge in [-0.05, 0) is 61.9 Å². The molecule has 49 heavy (non-hydrogen) atoms. The van der Waals surface area contributed by atoms with Crippen LogP contribution in [0.2, 0.25) is 10.0 Å². The molecule has 0 N–H and O–H groups in total. The Hall–Kier alpha value is -4.43. The van der Waals surface area contributed by atoms with Crippen LogP contribution in [0.1, 0.15) is 31.9 Å². The molecule has 0 radical (unpaired) electrons. The molecular weight excluding hydrogens is 669 g/mol. The third kappa shape index (κ3) is 7.02. The van der Waals surface area contributed by atoms with Gasteiger partial charge in [-0.15, -0.1) is 0 Å². The number of anilines is 2. The second-order valence-corrected chi connectivity index (χ2v) is 13.0. The summed E-state index contributed by atoms with van der Waals surface area (Å²) in [5.74, 6) is 0.356. The van der Waals surface area contributed by atoms with Gasteiger partial charge < -0.3 is 24.0 Å². The van der Waals surface area contributed by atoms with E-state index in [0.29, 0.717) is 28.0 Å². The SMILES string of the molecule is CCC(C)n1ncn(-c2ccc(N3CCN(c4ccc(OC[C@@H]5CO[C@@](Cn6cncn6)(c6ccc(Cl)cc6Cl)O5)cn4)CC3)cc2)c1=O. The number of nitrogens with zero attached hydrogens (tertiary/aromatic N) is 9. The van der Waals surface area contributed by atoms with E-state index in [-0.39, 0.29) is 31.0 Å². The zero-order valence-corrected chi connectivity index (χ0v) is 28.7. The maximum Gasteiger partial charge on any atom is 0.350 e. The Labute approximate surface area is 293 Å². The molecule has 2 aliphatic rings. The molecule has 2 aromatic carbocycles. The maximum absolute atomic E-state index is 12.8. The molecule has 3 aromatic heterocycles.